The number of ether oxygens (including phenoxy) is 1. The number of nitrogens with zero attached hydrogens (tertiary/aromatic N) is 3. The lowest BCUT2D eigenvalue weighted by Crippen LogP contribution is -2.19. The molecule has 3 heterocycles. The van der Waals surface area contributed by atoms with Crippen LogP contribution in [0, 0.1) is 0 Å². The third kappa shape index (κ3) is 5.56. The maximum absolute atomic E-state index is 12.8. The Morgan fingerprint density at radius 2 is 2.03 bits per heavy atom. The molecule has 33 heavy (non-hydrogen) atoms. The molecule has 1 aromatic carbocycles. The summed E-state index contributed by atoms with van der Waals surface area (Å²) in [4.78, 5) is 25.2. The van der Waals surface area contributed by atoms with Gasteiger partial charge in [0.25, 0.3) is 0 Å². The zero-order valence-electron chi connectivity index (χ0n) is 16.7. The number of anilines is 2. The number of benzene rings is 1. The van der Waals surface area contributed by atoms with Crippen LogP contribution < -0.4 is 15.4 Å². The van der Waals surface area contributed by atoms with Gasteiger partial charge < -0.3 is 15.2 Å². The Kier molecular flexibility index (Phi) is 6.72. The van der Waals surface area contributed by atoms with Crippen molar-refractivity contribution in [3.05, 3.63) is 58.7 Å². The van der Waals surface area contributed by atoms with Gasteiger partial charge in [-0.05, 0) is 29.6 Å². The van der Waals surface area contributed by atoms with Crippen molar-refractivity contribution in [3.63, 3.8) is 0 Å². The molecule has 3 aromatic heterocycles. The standard InChI is InChI=1S/C20H16F3N5O3S2/c21-20(22,23)12-2-1-3-13(6-12)27-18(30)28-19-24-7-15(33-19)11(8-29)9-31-17-16-14(4-5-32-16)25-10-26-17/h1-7,10-11,29H,8-9H2,(H2,24,27,28,30). The number of aliphatic hydroxyl groups excluding tert-OH is 1. The lowest BCUT2D eigenvalue weighted by atomic mass is 10.1. The average molecular weight is 496 g/mol. The third-order valence-corrected chi connectivity index (χ3v) is 6.41. The van der Waals surface area contributed by atoms with Crippen molar-refractivity contribution >= 4 is 49.7 Å². The molecule has 0 aliphatic carbocycles. The largest absolute Gasteiger partial charge is 0.476 e. The van der Waals surface area contributed by atoms with E-state index in [4.69, 9.17) is 4.74 Å². The highest BCUT2D eigenvalue weighted by Gasteiger charge is 2.30. The van der Waals surface area contributed by atoms with Crippen LogP contribution in [-0.4, -0.2) is 39.3 Å². The fourth-order valence-electron chi connectivity index (χ4n) is 2.84. The van der Waals surface area contributed by atoms with Crippen molar-refractivity contribution in [1.29, 1.82) is 0 Å². The monoisotopic (exact) mass is 495 g/mol. The maximum atomic E-state index is 12.8. The normalized spacial score (nSPS) is 12.5. The molecule has 0 fully saturated rings. The Labute approximate surface area is 193 Å². The van der Waals surface area contributed by atoms with Gasteiger partial charge in [0.2, 0.25) is 5.88 Å². The predicted molar refractivity (Wildman–Crippen MR) is 119 cm³/mol. The van der Waals surface area contributed by atoms with Gasteiger partial charge in [-0.25, -0.2) is 19.7 Å². The molecule has 2 amide bonds. The number of aromatic nitrogens is 3. The molecule has 1 unspecified atom stereocenters. The smallest absolute Gasteiger partial charge is 0.416 e. The second-order valence-electron chi connectivity index (χ2n) is 6.73. The van der Waals surface area contributed by atoms with Gasteiger partial charge in [0.15, 0.2) is 5.13 Å². The number of carbonyl (C=O) groups excluding carboxylic acids is 1. The summed E-state index contributed by atoms with van der Waals surface area (Å²) in [7, 11) is 0. The van der Waals surface area contributed by atoms with Gasteiger partial charge in [-0.2, -0.15) is 13.2 Å². The van der Waals surface area contributed by atoms with Gasteiger partial charge in [0.05, 0.1) is 30.2 Å². The fourth-order valence-corrected chi connectivity index (χ4v) is 4.51. The van der Waals surface area contributed by atoms with Crippen LogP contribution in [0.4, 0.5) is 28.8 Å². The molecule has 0 bridgehead atoms. The van der Waals surface area contributed by atoms with E-state index in [2.05, 4.69) is 25.6 Å². The van der Waals surface area contributed by atoms with Crippen molar-refractivity contribution in [1.82, 2.24) is 15.0 Å². The maximum Gasteiger partial charge on any atom is 0.416 e. The molecule has 13 heteroatoms. The molecule has 8 nitrogen and oxygen atoms in total. The number of urea groups is 1. The first-order valence-corrected chi connectivity index (χ1v) is 11.2. The second-order valence-corrected chi connectivity index (χ2v) is 8.71. The number of hydrogen-bond donors (Lipinski definition) is 3. The number of thiophene rings is 1. The van der Waals surface area contributed by atoms with Gasteiger partial charge in [0.1, 0.15) is 11.0 Å². The minimum Gasteiger partial charge on any atom is -0.476 e. The zero-order chi connectivity index (χ0) is 23.4. The van der Waals surface area contributed by atoms with E-state index >= 15 is 0 Å². The van der Waals surface area contributed by atoms with E-state index in [1.54, 1.807) is 0 Å². The molecular weight excluding hydrogens is 479 g/mol. The molecule has 0 saturated carbocycles. The first kappa shape index (κ1) is 22.9. The van der Waals surface area contributed by atoms with Crippen LogP contribution in [0.5, 0.6) is 5.88 Å². The fraction of sp³-hybridized carbons (Fsp3) is 0.200. The number of amides is 2. The number of halogens is 3. The second kappa shape index (κ2) is 9.68. The van der Waals surface area contributed by atoms with Gasteiger partial charge in [-0.1, -0.05) is 6.07 Å². The van der Waals surface area contributed by atoms with Crippen LogP contribution in [0.2, 0.25) is 0 Å². The Morgan fingerprint density at radius 3 is 2.82 bits per heavy atom. The first-order valence-electron chi connectivity index (χ1n) is 9.46. The minimum atomic E-state index is -4.51. The van der Waals surface area contributed by atoms with E-state index in [9.17, 15) is 23.1 Å². The molecular formula is C20H16F3N5O3S2. The number of hydrogen-bond acceptors (Lipinski definition) is 8. The summed E-state index contributed by atoms with van der Waals surface area (Å²) in [5, 5.41) is 16.7. The molecule has 1 atom stereocenters. The summed E-state index contributed by atoms with van der Waals surface area (Å²) >= 11 is 2.56. The van der Waals surface area contributed by atoms with Gasteiger partial charge in [-0.3, -0.25) is 5.32 Å². The third-order valence-electron chi connectivity index (χ3n) is 4.45. The lowest BCUT2D eigenvalue weighted by Gasteiger charge is -2.13. The number of fused-ring (bicyclic) bond motifs is 1. The van der Waals surface area contributed by atoms with Crippen LogP contribution in [0.25, 0.3) is 10.2 Å². The summed E-state index contributed by atoms with van der Waals surface area (Å²) in [6, 6.07) is 5.41. The van der Waals surface area contributed by atoms with Gasteiger partial charge in [0, 0.05) is 16.8 Å². The molecule has 0 saturated heterocycles. The van der Waals surface area contributed by atoms with E-state index in [1.807, 2.05) is 11.4 Å². The number of alkyl halides is 3. The molecule has 172 valence electrons. The van der Waals surface area contributed by atoms with Crippen molar-refractivity contribution in [2.75, 3.05) is 23.8 Å². The van der Waals surface area contributed by atoms with Crippen LogP contribution in [0.1, 0.15) is 16.4 Å². The van der Waals surface area contributed by atoms with Crippen molar-refractivity contribution in [2.45, 2.75) is 12.1 Å². The number of carbonyl (C=O) groups is 1. The summed E-state index contributed by atoms with van der Waals surface area (Å²) < 4.78 is 45.0. The average Bonchev–Trinajstić information content (AvgIpc) is 3.44. The van der Waals surface area contributed by atoms with Crippen molar-refractivity contribution < 1.29 is 27.8 Å². The van der Waals surface area contributed by atoms with E-state index in [0.717, 1.165) is 33.7 Å². The van der Waals surface area contributed by atoms with E-state index in [1.165, 1.54) is 36.0 Å². The highest BCUT2D eigenvalue weighted by molar-refractivity contribution is 7.17. The highest BCUT2D eigenvalue weighted by atomic mass is 32.1. The van der Waals surface area contributed by atoms with Crippen LogP contribution >= 0.6 is 22.7 Å². The zero-order valence-corrected chi connectivity index (χ0v) is 18.3. The van der Waals surface area contributed by atoms with E-state index in [0.29, 0.717) is 10.8 Å². The first-order chi connectivity index (χ1) is 15.8. The number of aliphatic hydroxyl groups is 1. The number of rotatable bonds is 7. The Hall–Kier alpha value is -3.29. The van der Waals surface area contributed by atoms with E-state index < -0.39 is 23.7 Å². The molecule has 4 rings (SSSR count). The van der Waals surface area contributed by atoms with Gasteiger partial charge >= 0.3 is 12.2 Å². The Bertz CT molecular complexity index is 1260. The van der Waals surface area contributed by atoms with Crippen LogP contribution in [0.3, 0.4) is 0 Å². The molecule has 3 N–H and O–H groups in total. The van der Waals surface area contributed by atoms with Crippen LogP contribution in [0.15, 0.2) is 48.2 Å². The predicted octanol–water partition coefficient (Wildman–Crippen LogP) is 4.97. The molecule has 0 spiro atoms. The summed E-state index contributed by atoms with van der Waals surface area (Å²) in [5.41, 5.74) is -0.113. The van der Waals surface area contributed by atoms with Crippen molar-refractivity contribution in [2.24, 2.45) is 0 Å². The molecule has 4 aromatic rings. The lowest BCUT2D eigenvalue weighted by molar-refractivity contribution is -0.137. The quantitative estimate of drug-likeness (QED) is 0.334. The molecule has 0 aliphatic rings. The summed E-state index contributed by atoms with van der Waals surface area (Å²) in [6.07, 6.45) is -1.62. The Morgan fingerprint density at radius 1 is 1.18 bits per heavy atom. The minimum absolute atomic E-state index is 0.00881. The number of nitrogens with one attached hydrogen (secondary N) is 2. The summed E-state index contributed by atoms with van der Waals surface area (Å²) in [5.74, 6) is -0.00802. The summed E-state index contributed by atoms with van der Waals surface area (Å²) in [6.45, 7) is -0.102. The topological polar surface area (TPSA) is 109 Å². The number of thiazole rings is 1. The highest BCUT2D eigenvalue weighted by Crippen LogP contribution is 2.32. The molecule has 0 radical (unpaired) electrons. The van der Waals surface area contributed by atoms with E-state index in [-0.39, 0.29) is 24.0 Å². The van der Waals surface area contributed by atoms with Gasteiger partial charge in [-0.15, -0.1) is 22.7 Å². The SMILES string of the molecule is O=C(Nc1cccc(C(F)(F)F)c1)Nc1ncc(C(CO)COc2ncnc3ccsc23)s1. The van der Waals surface area contributed by atoms with Crippen molar-refractivity contribution in [3.8, 4) is 5.88 Å². The molecule has 0 aliphatic heterocycles. The van der Waals surface area contributed by atoms with Crippen LogP contribution in [-0.2, 0) is 6.18 Å². The Balaban J connectivity index is 1.37.